The minimum absolute atomic E-state index is 0.151. The molecule has 0 aliphatic rings. The highest BCUT2D eigenvalue weighted by Gasteiger charge is 2.04. The zero-order chi connectivity index (χ0) is 13.0. The fraction of sp³-hybridized carbons (Fsp3) is 0.182. The second kappa shape index (κ2) is 5.97. The fourth-order valence-electron chi connectivity index (χ4n) is 1.34. The van der Waals surface area contributed by atoms with Crippen molar-refractivity contribution in [1.82, 2.24) is 15.0 Å². The molecule has 0 amide bonds. The van der Waals surface area contributed by atoms with Crippen LogP contribution in [-0.4, -0.2) is 21.5 Å². The van der Waals surface area contributed by atoms with E-state index in [1.165, 1.54) is 0 Å². The maximum atomic E-state index is 5.83. The van der Waals surface area contributed by atoms with E-state index < -0.39 is 0 Å². The first kappa shape index (κ1) is 13.0. The third kappa shape index (κ3) is 3.54. The van der Waals surface area contributed by atoms with Crippen LogP contribution in [0.2, 0.25) is 5.28 Å². The maximum absolute atomic E-state index is 5.83. The van der Waals surface area contributed by atoms with Crippen LogP contribution in [0.25, 0.3) is 0 Å². The molecular weight excluding hydrogens is 318 g/mol. The van der Waals surface area contributed by atoms with Gasteiger partial charge in [-0.2, -0.15) is 15.0 Å². The van der Waals surface area contributed by atoms with E-state index in [1.54, 1.807) is 0 Å². The van der Waals surface area contributed by atoms with Crippen molar-refractivity contribution in [2.45, 2.75) is 6.92 Å². The van der Waals surface area contributed by atoms with Gasteiger partial charge in [-0.25, -0.2) is 0 Å². The van der Waals surface area contributed by atoms with Crippen molar-refractivity contribution >= 4 is 45.1 Å². The van der Waals surface area contributed by atoms with Crippen LogP contribution in [-0.2, 0) is 0 Å². The van der Waals surface area contributed by atoms with Gasteiger partial charge in [0, 0.05) is 16.7 Å². The van der Waals surface area contributed by atoms with E-state index in [2.05, 4.69) is 41.5 Å². The van der Waals surface area contributed by atoms with Gasteiger partial charge < -0.3 is 10.6 Å². The number of hydrogen-bond acceptors (Lipinski definition) is 5. The van der Waals surface area contributed by atoms with Gasteiger partial charge in [-0.15, -0.1) is 0 Å². The van der Waals surface area contributed by atoms with Gasteiger partial charge >= 0.3 is 0 Å². The summed E-state index contributed by atoms with van der Waals surface area (Å²) >= 11 is 9.23. The largest absolute Gasteiger partial charge is 0.354 e. The lowest BCUT2D eigenvalue weighted by atomic mass is 10.3. The Labute approximate surface area is 118 Å². The summed E-state index contributed by atoms with van der Waals surface area (Å²) in [5.74, 6) is 0.860. The molecule has 0 saturated heterocycles. The van der Waals surface area contributed by atoms with Crippen LogP contribution < -0.4 is 10.6 Å². The lowest BCUT2D eigenvalue weighted by Gasteiger charge is -2.07. The Kier molecular flexibility index (Phi) is 4.33. The molecule has 1 heterocycles. The molecular formula is C11H11BrClN5. The highest BCUT2D eigenvalue weighted by atomic mass is 79.9. The van der Waals surface area contributed by atoms with E-state index >= 15 is 0 Å². The summed E-state index contributed by atoms with van der Waals surface area (Å²) in [5.41, 5.74) is 0.870. The van der Waals surface area contributed by atoms with E-state index in [9.17, 15) is 0 Å². The molecule has 0 radical (unpaired) electrons. The SMILES string of the molecule is CCNc1nc(Cl)nc(Nc2cccc(Br)c2)n1. The number of hydrogen-bond donors (Lipinski definition) is 2. The average molecular weight is 329 g/mol. The van der Waals surface area contributed by atoms with E-state index in [0.717, 1.165) is 16.7 Å². The molecule has 2 rings (SSSR count). The molecule has 0 aliphatic heterocycles. The third-order valence-corrected chi connectivity index (χ3v) is 2.69. The van der Waals surface area contributed by atoms with Gasteiger partial charge in [0.2, 0.25) is 17.2 Å². The Morgan fingerprint density at radius 3 is 2.72 bits per heavy atom. The Balaban J connectivity index is 2.23. The van der Waals surface area contributed by atoms with Crippen molar-refractivity contribution in [2.75, 3.05) is 17.2 Å². The molecule has 0 fully saturated rings. The molecule has 2 aromatic rings. The van der Waals surface area contributed by atoms with Crippen LogP contribution in [0.4, 0.5) is 17.6 Å². The Hall–Kier alpha value is -1.40. The first-order valence-corrected chi connectivity index (χ1v) is 6.52. The van der Waals surface area contributed by atoms with Gasteiger partial charge in [0.05, 0.1) is 0 Å². The number of aromatic nitrogens is 3. The number of halogens is 2. The van der Waals surface area contributed by atoms with Gasteiger partial charge in [-0.1, -0.05) is 22.0 Å². The quantitative estimate of drug-likeness (QED) is 0.900. The molecule has 94 valence electrons. The van der Waals surface area contributed by atoms with Crippen LogP contribution in [0, 0.1) is 0 Å². The number of anilines is 3. The van der Waals surface area contributed by atoms with Crippen LogP contribution in [0.1, 0.15) is 6.92 Å². The van der Waals surface area contributed by atoms with Crippen molar-refractivity contribution in [3.8, 4) is 0 Å². The molecule has 7 heteroatoms. The van der Waals surface area contributed by atoms with Gasteiger partial charge in [-0.05, 0) is 36.7 Å². The van der Waals surface area contributed by atoms with Gasteiger partial charge in [0.25, 0.3) is 0 Å². The van der Waals surface area contributed by atoms with Gasteiger partial charge in [0.1, 0.15) is 0 Å². The van der Waals surface area contributed by atoms with Crippen molar-refractivity contribution < 1.29 is 0 Å². The van der Waals surface area contributed by atoms with Crippen LogP contribution >= 0.6 is 27.5 Å². The standard InChI is InChI=1S/C11H11BrClN5/c1-2-14-10-16-9(13)17-11(18-10)15-8-5-3-4-7(12)6-8/h3-6H,2H2,1H3,(H2,14,15,16,17,18). The molecule has 0 atom stereocenters. The second-order valence-electron chi connectivity index (χ2n) is 3.42. The number of rotatable bonds is 4. The van der Waals surface area contributed by atoms with Crippen molar-refractivity contribution in [2.24, 2.45) is 0 Å². The molecule has 0 bridgehead atoms. The Morgan fingerprint density at radius 1 is 1.22 bits per heavy atom. The van der Waals surface area contributed by atoms with Gasteiger partial charge in [0.15, 0.2) is 0 Å². The molecule has 5 nitrogen and oxygen atoms in total. The van der Waals surface area contributed by atoms with Crippen molar-refractivity contribution in [3.63, 3.8) is 0 Å². The summed E-state index contributed by atoms with van der Waals surface area (Å²) in [4.78, 5) is 12.2. The highest BCUT2D eigenvalue weighted by molar-refractivity contribution is 9.10. The monoisotopic (exact) mass is 327 g/mol. The van der Waals surface area contributed by atoms with E-state index in [1.807, 2.05) is 31.2 Å². The normalized spacial score (nSPS) is 10.2. The highest BCUT2D eigenvalue weighted by Crippen LogP contribution is 2.19. The number of benzene rings is 1. The maximum Gasteiger partial charge on any atom is 0.233 e. The predicted molar refractivity (Wildman–Crippen MR) is 76.4 cm³/mol. The van der Waals surface area contributed by atoms with Crippen molar-refractivity contribution in [1.29, 1.82) is 0 Å². The number of nitrogens with one attached hydrogen (secondary N) is 2. The van der Waals surface area contributed by atoms with Crippen LogP contribution in [0.3, 0.4) is 0 Å². The molecule has 0 saturated carbocycles. The summed E-state index contributed by atoms with van der Waals surface area (Å²) < 4.78 is 0.972. The predicted octanol–water partition coefficient (Wildman–Crippen LogP) is 3.46. The molecule has 0 aliphatic carbocycles. The summed E-state index contributed by atoms with van der Waals surface area (Å²) in [6, 6.07) is 7.69. The van der Waals surface area contributed by atoms with E-state index in [4.69, 9.17) is 11.6 Å². The molecule has 1 aromatic heterocycles. The summed E-state index contributed by atoms with van der Waals surface area (Å²) in [5, 5.41) is 6.21. The van der Waals surface area contributed by atoms with Crippen LogP contribution in [0.15, 0.2) is 28.7 Å². The summed E-state index contributed by atoms with van der Waals surface area (Å²) in [6.07, 6.45) is 0. The third-order valence-electron chi connectivity index (χ3n) is 2.02. The number of nitrogens with zero attached hydrogens (tertiary/aromatic N) is 3. The van der Waals surface area contributed by atoms with Crippen LogP contribution in [0.5, 0.6) is 0 Å². The average Bonchev–Trinajstić information content (AvgIpc) is 2.28. The molecule has 0 spiro atoms. The Morgan fingerprint density at radius 2 is 2.00 bits per heavy atom. The first-order chi connectivity index (χ1) is 8.67. The smallest absolute Gasteiger partial charge is 0.233 e. The lowest BCUT2D eigenvalue weighted by Crippen LogP contribution is -2.06. The first-order valence-electron chi connectivity index (χ1n) is 5.35. The van der Waals surface area contributed by atoms with E-state index in [-0.39, 0.29) is 5.28 Å². The minimum atomic E-state index is 0.151. The van der Waals surface area contributed by atoms with E-state index in [0.29, 0.717) is 11.9 Å². The zero-order valence-electron chi connectivity index (χ0n) is 9.61. The zero-order valence-corrected chi connectivity index (χ0v) is 12.0. The summed E-state index contributed by atoms with van der Waals surface area (Å²) in [6.45, 7) is 2.68. The molecule has 0 unspecified atom stereocenters. The topological polar surface area (TPSA) is 62.7 Å². The Bertz CT molecular complexity index is 549. The molecule has 1 aromatic carbocycles. The molecule has 2 N–H and O–H groups in total. The fourth-order valence-corrected chi connectivity index (χ4v) is 1.90. The van der Waals surface area contributed by atoms with Gasteiger partial charge in [-0.3, -0.25) is 0 Å². The van der Waals surface area contributed by atoms with Crippen molar-refractivity contribution in [3.05, 3.63) is 34.0 Å². The minimum Gasteiger partial charge on any atom is -0.354 e. The summed E-state index contributed by atoms with van der Waals surface area (Å²) in [7, 11) is 0. The lowest BCUT2D eigenvalue weighted by molar-refractivity contribution is 1.02. The second-order valence-corrected chi connectivity index (χ2v) is 4.67. The molecule has 18 heavy (non-hydrogen) atoms.